The van der Waals surface area contributed by atoms with Gasteiger partial charge in [-0.1, -0.05) is 18.2 Å². The minimum atomic E-state index is -5.46. The Labute approximate surface area is 135 Å². The second kappa shape index (κ2) is 6.60. The molecule has 0 saturated carbocycles. The number of carbonyl (C=O) groups is 1. The summed E-state index contributed by atoms with van der Waals surface area (Å²) >= 11 is 0. The number of amides is 1. The summed E-state index contributed by atoms with van der Waals surface area (Å²) in [7, 11) is -5.46. The first kappa shape index (κ1) is 17.9. The Bertz CT molecular complexity index is 846. The molecule has 0 aliphatic rings. The average Bonchev–Trinajstić information content (AvgIpc) is 2.53. The van der Waals surface area contributed by atoms with Crippen LogP contribution in [0, 0.1) is 5.82 Å². The fourth-order valence-electron chi connectivity index (χ4n) is 1.84. The fraction of sp³-hybridized carbons (Fsp3) is 0.133. The Morgan fingerprint density at radius 2 is 1.58 bits per heavy atom. The Hall–Kier alpha value is -2.42. The predicted octanol–water partition coefficient (Wildman–Crippen LogP) is 3.05. The maximum atomic E-state index is 13.4. The van der Waals surface area contributed by atoms with Crippen molar-refractivity contribution < 1.29 is 30.8 Å². The lowest BCUT2D eigenvalue weighted by Gasteiger charge is -2.09. The van der Waals surface area contributed by atoms with Crippen molar-refractivity contribution in [2.75, 3.05) is 0 Å². The quantitative estimate of drug-likeness (QED) is 0.852. The highest BCUT2D eigenvalue weighted by Gasteiger charge is 2.46. The van der Waals surface area contributed by atoms with Crippen LogP contribution in [0.2, 0.25) is 0 Å². The topological polar surface area (TPSA) is 63.2 Å². The van der Waals surface area contributed by atoms with Crippen LogP contribution in [0.4, 0.5) is 17.6 Å². The number of benzene rings is 2. The molecule has 2 aromatic rings. The van der Waals surface area contributed by atoms with Gasteiger partial charge in [0.05, 0.1) is 4.90 Å². The van der Waals surface area contributed by atoms with Crippen LogP contribution in [0.15, 0.2) is 53.4 Å². The molecule has 0 aliphatic heterocycles. The molecule has 1 amide bonds. The van der Waals surface area contributed by atoms with Crippen molar-refractivity contribution in [3.05, 3.63) is 65.5 Å². The zero-order valence-electron chi connectivity index (χ0n) is 12.0. The smallest absolute Gasteiger partial charge is 0.348 e. The molecule has 0 bridgehead atoms. The highest BCUT2D eigenvalue weighted by Crippen LogP contribution is 2.30. The van der Waals surface area contributed by atoms with E-state index in [1.165, 1.54) is 18.2 Å². The molecule has 0 unspecified atom stereocenters. The zero-order chi connectivity index (χ0) is 18.0. The Morgan fingerprint density at radius 3 is 2.12 bits per heavy atom. The van der Waals surface area contributed by atoms with Gasteiger partial charge in [0.25, 0.3) is 15.7 Å². The van der Waals surface area contributed by atoms with Crippen molar-refractivity contribution in [1.29, 1.82) is 0 Å². The first-order valence-electron chi connectivity index (χ1n) is 6.56. The number of nitrogens with one attached hydrogen (secondary N) is 1. The molecule has 0 heterocycles. The minimum absolute atomic E-state index is 0.0486. The van der Waals surface area contributed by atoms with Crippen LogP contribution in [0.1, 0.15) is 15.9 Å². The summed E-state index contributed by atoms with van der Waals surface area (Å²) in [5, 5.41) is 2.39. The summed E-state index contributed by atoms with van der Waals surface area (Å²) in [5.74, 6) is -1.18. The SMILES string of the molecule is O=C(NCc1ccccc1F)c1ccc(S(=O)(=O)C(F)(F)F)cc1. The van der Waals surface area contributed by atoms with E-state index >= 15 is 0 Å². The minimum Gasteiger partial charge on any atom is -0.348 e. The fourth-order valence-corrected chi connectivity index (χ4v) is 2.60. The van der Waals surface area contributed by atoms with Crippen LogP contribution in [0.5, 0.6) is 0 Å². The molecule has 2 aromatic carbocycles. The third-order valence-corrected chi connectivity index (χ3v) is 4.63. The van der Waals surface area contributed by atoms with Gasteiger partial charge in [-0.25, -0.2) is 12.8 Å². The standard InChI is InChI=1S/C15H11F4NO3S/c16-13-4-2-1-3-11(13)9-20-14(21)10-5-7-12(8-6-10)24(22,23)15(17,18)19/h1-8H,9H2,(H,20,21). The van der Waals surface area contributed by atoms with Crippen LogP contribution in [-0.4, -0.2) is 19.8 Å². The van der Waals surface area contributed by atoms with Gasteiger partial charge < -0.3 is 5.32 Å². The second-order valence-electron chi connectivity index (χ2n) is 4.75. The molecule has 0 radical (unpaired) electrons. The number of hydrogen-bond donors (Lipinski definition) is 1. The summed E-state index contributed by atoms with van der Waals surface area (Å²) in [5.41, 5.74) is -5.23. The lowest BCUT2D eigenvalue weighted by molar-refractivity contribution is -0.0436. The number of carbonyl (C=O) groups excluding carboxylic acids is 1. The van der Waals surface area contributed by atoms with Crippen molar-refractivity contribution in [3.63, 3.8) is 0 Å². The number of rotatable bonds is 4. The van der Waals surface area contributed by atoms with Gasteiger partial charge in [-0.3, -0.25) is 4.79 Å². The molecule has 0 spiro atoms. The first-order chi connectivity index (χ1) is 11.1. The van der Waals surface area contributed by atoms with Crippen LogP contribution in [0.25, 0.3) is 0 Å². The summed E-state index contributed by atoms with van der Waals surface area (Å²) in [4.78, 5) is 10.9. The summed E-state index contributed by atoms with van der Waals surface area (Å²) < 4.78 is 73.1. The van der Waals surface area contributed by atoms with Crippen molar-refractivity contribution in [3.8, 4) is 0 Å². The van der Waals surface area contributed by atoms with Gasteiger partial charge in [0, 0.05) is 17.7 Å². The van der Waals surface area contributed by atoms with E-state index in [0.717, 1.165) is 12.1 Å². The van der Waals surface area contributed by atoms with E-state index in [1.807, 2.05) is 0 Å². The Balaban J connectivity index is 2.11. The highest BCUT2D eigenvalue weighted by molar-refractivity contribution is 7.92. The van der Waals surface area contributed by atoms with E-state index in [2.05, 4.69) is 5.32 Å². The van der Waals surface area contributed by atoms with Crippen LogP contribution in [0.3, 0.4) is 0 Å². The predicted molar refractivity (Wildman–Crippen MR) is 77.3 cm³/mol. The van der Waals surface area contributed by atoms with E-state index < -0.39 is 32.0 Å². The Kier molecular flexibility index (Phi) is 4.93. The van der Waals surface area contributed by atoms with Crippen molar-refractivity contribution in [1.82, 2.24) is 5.32 Å². The third kappa shape index (κ3) is 3.73. The molecular formula is C15H11F4NO3S. The number of hydrogen-bond acceptors (Lipinski definition) is 3. The lowest BCUT2D eigenvalue weighted by atomic mass is 10.2. The normalized spacial score (nSPS) is 12.0. The molecular weight excluding hydrogens is 350 g/mol. The monoisotopic (exact) mass is 361 g/mol. The van der Waals surface area contributed by atoms with Gasteiger partial charge in [-0.05, 0) is 30.3 Å². The van der Waals surface area contributed by atoms with Gasteiger partial charge >= 0.3 is 5.51 Å². The van der Waals surface area contributed by atoms with Gasteiger partial charge in [0.1, 0.15) is 5.82 Å². The van der Waals surface area contributed by atoms with Gasteiger partial charge in [-0.2, -0.15) is 13.2 Å². The van der Waals surface area contributed by atoms with E-state index in [0.29, 0.717) is 12.1 Å². The number of alkyl halides is 3. The summed E-state index contributed by atoms with van der Waals surface area (Å²) in [6.45, 7) is -0.117. The molecule has 0 aromatic heterocycles. The Morgan fingerprint density at radius 1 is 1.00 bits per heavy atom. The number of halogens is 4. The van der Waals surface area contributed by atoms with Crippen LogP contribution < -0.4 is 5.32 Å². The van der Waals surface area contributed by atoms with E-state index in [-0.39, 0.29) is 17.7 Å². The molecule has 24 heavy (non-hydrogen) atoms. The molecule has 4 nitrogen and oxygen atoms in total. The van der Waals surface area contributed by atoms with Gasteiger partial charge in [0.15, 0.2) is 0 Å². The van der Waals surface area contributed by atoms with Crippen LogP contribution in [-0.2, 0) is 16.4 Å². The lowest BCUT2D eigenvalue weighted by Crippen LogP contribution is -2.24. The van der Waals surface area contributed by atoms with E-state index in [1.54, 1.807) is 6.07 Å². The van der Waals surface area contributed by atoms with Crippen molar-refractivity contribution in [2.45, 2.75) is 16.9 Å². The molecule has 9 heteroatoms. The molecule has 1 N–H and O–H groups in total. The van der Waals surface area contributed by atoms with Gasteiger partial charge in [-0.15, -0.1) is 0 Å². The van der Waals surface area contributed by atoms with Crippen LogP contribution >= 0.6 is 0 Å². The maximum Gasteiger partial charge on any atom is 0.501 e. The maximum absolute atomic E-state index is 13.4. The highest BCUT2D eigenvalue weighted by atomic mass is 32.2. The van der Waals surface area contributed by atoms with Crippen molar-refractivity contribution in [2.24, 2.45) is 0 Å². The average molecular weight is 361 g/mol. The summed E-state index contributed by atoms with van der Waals surface area (Å²) in [6.07, 6.45) is 0. The molecule has 0 atom stereocenters. The van der Waals surface area contributed by atoms with Crippen molar-refractivity contribution >= 4 is 15.7 Å². The van der Waals surface area contributed by atoms with Gasteiger partial charge in [0.2, 0.25) is 0 Å². The molecule has 2 rings (SSSR count). The summed E-state index contributed by atoms with van der Waals surface area (Å²) in [6, 6.07) is 9.06. The number of sulfone groups is 1. The molecule has 128 valence electrons. The molecule has 0 aliphatic carbocycles. The first-order valence-corrected chi connectivity index (χ1v) is 8.04. The van der Waals surface area contributed by atoms with E-state index in [4.69, 9.17) is 0 Å². The third-order valence-electron chi connectivity index (χ3n) is 3.13. The zero-order valence-corrected chi connectivity index (χ0v) is 12.8. The molecule has 0 fully saturated rings. The second-order valence-corrected chi connectivity index (χ2v) is 6.69. The molecule has 0 saturated heterocycles. The largest absolute Gasteiger partial charge is 0.501 e. The van der Waals surface area contributed by atoms with E-state index in [9.17, 15) is 30.8 Å².